The van der Waals surface area contributed by atoms with E-state index in [1.807, 2.05) is 0 Å². The molecule has 2 N–H and O–H groups in total. The van der Waals surface area contributed by atoms with Gasteiger partial charge >= 0.3 is 0 Å². The molecule has 1 heteroatoms. The minimum absolute atomic E-state index is 0.352. The Hall–Kier alpha value is -0.820. The second-order valence-corrected chi connectivity index (χ2v) is 4.45. The van der Waals surface area contributed by atoms with Crippen LogP contribution in [0.3, 0.4) is 0 Å². The maximum atomic E-state index is 6.15. The first-order valence-corrected chi connectivity index (χ1v) is 6.03. The second-order valence-electron chi connectivity index (χ2n) is 4.45. The molecule has 15 heavy (non-hydrogen) atoms. The molecule has 1 aromatic rings. The van der Waals surface area contributed by atoms with Crippen molar-refractivity contribution in [2.75, 3.05) is 0 Å². The van der Waals surface area contributed by atoms with Crippen molar-refractivity contribution in [3.05, 3.63) is 35.9 Å². The van der Waals surface area contributed by atoms with Gasteiger partial charge in [-0.1, -0.05) is 50.6 Å². The zero-order valence-electron chi connectivity index (χ0n) is 9.95. The van der Waals surface area contributed by atoms with E-state index in [4.69, 9.17) is 5.73 Å². The lowest BCUT2D eigenvalue weighted by atomic mass is 9.93. The number of rotatable bonds is 6. The van der Waals surface area contributed by atoms with Crippen LogP contribution >= 0.6 is 0 Å². The summed E-state index contributed by atoms with van der Waals surface area (Å²) in [6.07, 6.45) is 4.69. The smallest absolute Gasteiger partial charge is 0.00676 e. The van der Waals surface area contributed by atoms with Crippen molar-refractivity contribution in [3.8, 4) is 0 Å². The molecule has 0 aliphatic heterocycles. The molecule has 0 aliphatic rings. The van der Waals surface area contributed by atoms with E-state index < -0.39 is 0 Å². The predicted molar refractivity (Wildman–Crippen MR) is 66.8 cm³/mol. The van der Waals surface area contributed by atoms with Crippen molar-refractivity contribution in [1.82, 2.24) is 0 Å². The Labute approximate surface area is 93.7 Å². The third kappa shape index (κ3) is 4.48. The fourth-order valence-corrected chi connectivity index (χ4v) is 1.93. The minimum atomic E-state index is 0.352. The van der Waals surface area contributed by atoms with E-state index in [0.717, 1.165) is 12.8 Å². The van der Waals surface area contributed by atoms with E-state index in [-0.39, 0.29) is 0 Å². The Kier molecular flexibility index (Phi) is 5.41. The number of nitrogens with two attached hydrogens (primary N) is 1. The monoisotopic (exact) mass is 205 g/mol. The van der Waals surface area contributed by atoms with Crippen LogP contribution in [0.5, 0.6) is 0 Å². The molecule has 0 bridgehead atoms. The van der Waals surface area contributed by atoms with Gasteiger partial charge in [-0.05, 0) is 30.7 Å². The topological polar surface area (TPSA) is 26.0 Å². The molecular weight excluding hydrogens is 182 g/mol. The predicted octanol–water partition coefficient (Wildman–Crippen LogP) is 3.38. The van der Waals surface area contributed by atoms with Gasteiger partial charge in [0, 0.05) is 6.04 Å². The second kappa shape index (κ2) is 6.62. The highest BCUT2D eigenvalue weighted by Gasteiger charge is 2.11. The summed E-state index contributed by atoms with van der Waals surface area (Å²) in [4.78, 5) is 0. The summed E-state index contributed by atoms with van der Waals surface area (Å²) < 4.78 is 0. The molecule has 1 unspecified atom stereocenters. The van der Waals surface area contributed by atoms with Crippen LogP contribution in [0.25, 0.3) is 0 Å². The van der Waals surface area contributed by atoms with Gasteiger partial charge in [0.05, 0.1) is 0 Å². The van der Waals surface area contributed by atoms with Gasteiger partial charge in [0.15, 0.2) is 0 Å². The van der Waals surface area contributed by atoms with Crippen LogP contribution in [-0.2, 0) is 6.42 Å². The van der Waals surface area contributed by atoms with E-state index in [0.29, 0.717) is 12.0 Å². The average molecular weight is 205 g/mol. The molecule has 0 aromatic heterocycles. The van der Waals surface area contributed by atoms with Gasteiger partial charge in [0.25, 0.3) is 0 Å². The van der Waals surface area contributed by atoms with Crippen LogP contribution in [-0.4, -0.2) is 6.04 Å². The van der Waals surface area contributed by atoms with Crippen LogP contribution in [0.1, 0.15) is 38.7 Å². The first-order valence-electron chi connectivity index (χ1n) is 6.03. The van der Waals surface area contributed by atoms with E-state index in [9.17, 15) is 0 Å². The summed E-state index contributed by atoms with van der Waals surface area (Å²) in [5, 5.41) is 0. The molecule has 84 valence electrons. The zero-order chi connectivity index (χ0) is 11.1. The molecule has 0 heterocycles. The molecule has 0 radical (unpaired) electrons. The van der Waals surface area contributed by atoms with Gasteiger partial charge < -0.3 is 5.73 Å². The highest BCUT2D eigenvalue weighted by atomic mass is 14.6. The maximum Gasteiger partial charge on any atom is 0.00676 e. The van der Waals surface area contributed by atoms with E-state index >= 15 is 0 Å². The van der Waals surface area contributed by atoms with Crippen molar-refractivity contribution < 1.29 is 0 Å². The van der Waals surface area contributed by atoms with Crippen LogP contribution in [0.2, 0.25) is 0 Å². The molecule has 0 saturated carbocycles. The fraction of sp³-hybridized carbons (Fsp3) is 0.571. The first-order chi connectivity index (χ1) is 7.24. The maximum absolute atomic E-state index is 6.15. The largest absolute Gasteiger partial charge is 0.327 e. The SMILES string of the molecule is CCCC(C)[C@H](N)CCc1ccccc1. The Balaban J connectivity index is 2.31. The number of hydrogen-bond donors (Lipinski definition) is 1. The Bertz CT molecular complexity index is 255. The first kappa shape index (κ1) is 12.3. The highest BCUT2D eigenvalue weighted by Crippen LogP contribution is 2.14. The highest BCUT2D eigenvalue weighted by molar-refractivity contribution is 5.14. The van der Waals surface area contributed by atoms with Gasteiger partial charge in [-0.15, -0.1) is 0 Å². The van der Waals surface area contributed by atoms with Crippen molar-refractivity contribution in [3.63, 3.8) is 0 Å². The van der Waals surface area contributed by atoms with Crippen LogP contribution in [0.15, 0.2) is 30.3 Å². The molecule has 0 saturated heterocycles. The van der Waals surface area contributed by atoms with Crippen LogP contribution in [0, 0.1) is 5.92 Å². The number of hydrogen-bond acceptors (Lipinski definition) is 1. The van der Waals surface area contributed by atoms with E-state index in [1.165, 1.54) is 18.4 Å². The van der Waals surface area contributed by atoms with Gasteiger partial charge in [-0.2, -0.15) is 0 Å². The Morgan fingerprint density at radius 3 is 2.40 bits per heavy atom. The van der Waals surface area contributed by atoms with Gasteiger partial charge in [-0.3, -0.25) is 0 Å². The fourth-order valence-electron chi connectivity index (χ4n) is 1.93. The van der Waals surface area contributed by atoms with Crippen molar-refractivity contribution in [2.45, 2.75) is 45.6 Å². The summed E-state index contributed by atoms with van der Waals surface area (Å²) in [5.41, 5.74) is 7.55. The molecular formula is C14H23N. The molecule has 1 aromatic carbocycles. The summed E-state index contributed by atoms with van der Waals surface area (Å²) in [6.45, 7) is 4.49. The van der Waals surface area contributed by atoms with Gasteiger partial charge in [0.2, 0.25) is 0 Å². The Morgan fingerprint density at radius 1 is 1.13 bits per heavy atom. The van der Waals surface area contributed by atoms with E-state index in [1.54, 1.807) is 0 Å². The lowest BCUT2D eigenvalue weighted by Crippen LogP contribution is -2.28. The van der Waals surface area contributed by atoms with Crippen molar-refractivity contribution >= 4 is 0 Å². The quantitative estimate of drug-likeness (QED) is 0.757. The normalized spacial score (nSPS) is 14.9. The molecule has 0 spiro atoms. The summed E-state index contributed by atoms with van der Waals surface area (Å²) in [5.74, 6) is 0.652. The minimum Gasteiger partial charge on any atom is -0.327 e. The molecule has 0 aliphatic carbocycles. The van der Waals surface area contributed by atoms with Crippen molar-refractivity contribution in [2.24, 2.45) is 11.7 Å². The van der Waals surface area contributed by atoms with Crippen molar-refractivity contribution in [1.29, 1.82) is 0 Å². The average Bonchev–Trinajstić information content (AvgIpc) is 2.27. The molecule has 1 nitrogen and oxygen atoms in total. The van der Waals surface area contributed by atoms with Gasteiger partial charge in [0.1, 0.15) is 0 Å². The van der Waals surface area contributed by atoms with Gasteiger partial charge in [-0.25, -0.2) is 0 Å². The van der Waals surface area contributed by atoms with Crippen LogP contribution < -0.4 is 5.73 Å². The summed E-state index contributed by atoms with van der Waals surface area (Å²) >= 11 is 0. The lowest BCUT2D eigenvalue weighted by molar-refractivity contribution is 0.402. The third-order valence-electron chi connectivity index (χ3n) is 3.08. The number of benzene rings is 1. The third-order valence-corrected chi connectivity index (χ3v) is 3.08. The molecule has 1 rings (SSSR count). The summed E-state index contributed by atoms with van der Waals surface area (Å²) in [7, 11) is 0. The summed E-state index contributed by atoms with van der Waals surface area (Å²) in [6, 6.07) is 11.0. The lowest BCUT2D eigenvalue weighted by Gasteiger charge is -2.19. The zero-order valence-corrected chi connectivity index (χ0v) is 9.95. The molecule has 0 amide bonds. The molecule has 2 atom stereocenters. The van der Waals surface area contributed by atoms with Crippen LogP contribution in [0.4, 0.5) is 0 Å². The number of aryl methyl sites for hydroxylation is 1. The Morgan fingerprint density at radius 2 is 1.80 bits per heavy atom. The van der Waals surface area contributed by atoms with E-state index in [2.05, 4.69) is 44.2 Å². The molecule has 0 fully saturated rings. The standard InChI is InChI=1S/C14H23N/c1-3-7-12(2)14(15)11-10-13-8-5-4-6-9-13/h4-6,8-9,12,14H,3,7,10-11,15H2,1-2H3/t12?,14-/m1/s1.